The summed E-state index contributed by atoms with van der Waals surface area (Å²) < 4.78 is 14.8. The van der Waals surface area contributed by atoms with Crippen molar-refractivity contribution in [3.63, 3.8) is 0 Å². The van der Waals surface area contributed by atoms with E-state index >= 15 is 0 Å². The Morgan fingerprint density at radius 1 is 1.04 bits per heavy atom. The number of halogens is 2. The summed E-state index contributed by atoms with van der Waals surface area (Å²) in [7, 11) is 0. The SMILES string of the molecule is CCN1CCc2c(c(-c3c(F)cccc3Cl)nc3ccc4ccccc4c23)C1. The van der Waals surface area contributed by atoms with Crippen LogP contribution in [0.3, 0.4) is 0 Å². The molecule has 0 spiro atoms. The molecule has 0 bridgehead atoms. The van der Waals surface area contributed by atoms with Crippen molar-refractivity contribution >= 4 is 33.3 Å². The topological polar surface area (TPSA) is 16.1 Å². The van der Waals surface area contributed by atoms with Crippen LogP contribution in [0.25, 0.3) is 32.9 Å². The van der Waals surface area contributed by atoms with Gasteiger partial charge in [0.1, 0.15) is 5.82 Å². The Bertz CT molecular complexity index is 1200. The average molecular weight is 391 g/mol. The number of likely N-dealkylation sites (N-methyl/N-ethyl adjacent to an activating group) is 1. The number of pyridine rings is 1. The van der Waals surface area contributed by atoms with Gasteiger partial charge < -0.3 is 0 Å². The van der Waals surface area contributed by atoms with Gasteiger partial charge in [0.05, 0.1) is 21.8 Å². The summed E-state index contributed by atoms with van der Waals surface area (Å²) in [6.07, 6.45) is 0.926. The zero-order valence-corrected chi connectivity index (χ0v) is 16.4. The molecule has 0 amide bonds. The van der Waals surface area contributed by atoms with Gasteiger partial charge in [-0.3, -0.25) is 4.90 Å². The predicted molar refractivity (Wildman–Crippen MR) is 114 cm³/mol. The normalized spacial score (nSPS) is 14.5. The Hall–Kier alpha value is -2.49. The first kappa shape index (κ1) is 17.6. The van der Waals surface area contributed by atoms with Crippen LogP contribution < -0.4 is 0 Å². The molecule has 5 rings (SSSR count). The lowest BCUT2D eigenvalue weighted by Gasteiger charge is -2.30. The molecule has 4 aromatic rings. The Kier molecular flexibility index (Phi) is 4.30. The van der Waals surface area contributed by atoms with Crippen LogP contribution >= 0.6 is 11.6 Å². The van der Waals surface area contributed by atoms with Gasteiger partial charge in [-0.25, -0.2) is 9.37 Å². The molecule has 1 aromatic heterocycles. The molecule has 2 heterocycles. The molecule has 0 N–H and O–H groups in total. The number of benzene rings is 3. The maximum atomic E-state index is 14.8. The van der Waals surface area contributed by atoms with Crippen LogP contribution in [0.1, 0.15) is 18.1 Å². The molecule has 0 fully saturated rings. The second kappa shape index (κ2) is 6.84. The third kappa shape index (κ3) is 2.69. The van der Waals surface area contributed by atoms with Crippen molar-refractivity contribution in [2.75, 3.05) is 13.1 Å². The third-order valence-corrected chi connectivity index (χ3v) is 6.11. The standard InChI is InChI=1S/C24H20ClFN2/c1-2-28-13-12-17-18(14-28)24(23-19(25)8-5-9-20(23)26)27-21-11-10-15-6-3-4-7-16(15)22(17)21/h3-11H,2,12-14H2,1H3. The van der Waals surface area contributed by atoms with Crippen molar-refractivity contribution < 1.29 is 4.39 Å². The van der Waals surface area contributed by atoms with E-state index in [-0.39, 0.29) is 5.82 Å². The summed E-state index contributed by atoms with van der Waals surface area (Å²) in [5.41, 5.74) is 4.37. The molecule has 0 atom stereocenters. The largest absolute Gasteiger partial charge is 0.299 e. The fraction of sp³-hybridized carbons (Fsp3) is 0.208. The highest BCUT2D eigenvalue weighted by Gasteiger charge is 2.25. The van der Waals surface area contributed by atoms with E-state index < -0.39 is 0 Å². The average Bonchev–Trinajstić information content (AvgIpc) is 2.72. The molecule has 0 radical (unpaired) electrons. The van der Waals surface area contributed by atoms with Gasteiger partial charge in [0, 0.05) is 18.5 Å². The van der Waals surface area contributed by atoms with Crippen LogP contribution in [0, 0.1) is 5.82 Å². The minimum Gasteiger partial charge on any atom is -0.299 e. The quantitative estimate of drug-likeness (QED) is 0.377. The fourth-order valence-corrected chi connectivity index (χ4v) is 4.62. The van der Waals surface area contributed by atoms with E-state index in [0.717, 1.165) is 37.1 Å². The molecular formula is C24H20ClFN2. The van der Waals surface area contributed by atoms with E-state index in [0.29, 0.717) is 16.3 Å². The smallest absolute Gasteiger partial charge is 0.134 e. The molecule has 0 saturated carbocycles. The Labute approximate surface area is 168 Å². The van der Waals surface area contributed by atoms with Gasteiger partial charge in [-0.1, -0.05) is 54.9 Å². The molecule has 1 aliphatic heterocycles. The van der Waals surface area contributed by atoms with Gasteiger partial charge in [-0.05, 0) is 53.1 Å². The van der Waals surface area contributed by atoms with Crippen LogP contribution in [-0.2, 0) is 13.0 Å². The van der Waals surface area contributed by atoms with Crippen molar-refractivity contribution in [3.8, 4) is 11.3 Å². The molecule has 28 heavy (non-hydrogen) atoms. The van der Waals surface area contributed by atoms with Crippen LogP contribution in [0.2, 0.25) is 5.02 Å². The number of hydrogen-bond acceptors (Lipinski definition) is 2. The second-order valence-electron chi connectivity index (χ2n) is 7.31. The lowest BCUT2D eigenvalue weighted by Crippen LogP contribution is -2.31. The first-order valence-corrected chi connectivity index (χ1v) is 10.0. The minimum absolute atomic E-state index is 0.323. The number of nitrogens with zero attached hydrogens (tertiary/aromatic N) is 2. The van der Waals surface area contributed by atoms with Crippen molar-refractivity contribution in [1.29, 1.82) is 0 Å². The van der Waals surface area contributed by atoms with E-state index in [9.17, 15) is 4.39 Å². The van der Waals surface area contributed by atoms with E-state index in [1.165, 1.54) is 27.8 Å². The number of rotatable bonds is 2. The molecular weight excluding hydrogens is 371 g/mol. The highest BCUT2D eigenvalue weighted by atomic mass is 35.5. The first-order valence-electron chi connectivity index (χ1n) is 9.67. The molecule has 0 aliphatic carbocycles. The molecule has 0 saturated heterocycles. The zero-order valence-electron chi connectivity index (χ0n) is 15.7. The van der Waals surface area contributed by atoms with Gasteiger partial charge in [0.15, 0.2) is 0 Å². The van der Waals surface area contributed by atoms with Crippen molar-refractivity contribution in [2.45, 2.75) is 19.9 Å². The summed E-state index contributed by atoms with van der Waals surface area (Å²) >= 11 is 6.43. The molecule has 1 aliphatic rings. The molecule has 3 aromatic carbocycles. The predicted octanol–water partition coefficient (Wildman–Crippen LogP) is 6.23. The number of aromatic nitrogens is 1. The summed E-state index contributed by atoms with van der Waals surface area (Å²) in [6.45, 7) is 4.87. The van der Waals surface area contributed by atoms with Crippen LogP contribution in [0.15, 0.2) is 54.6 Å². The lowest BCUT2D eigenvalue weighted by atomic mass is 9.89. The number of hydrogen-bond donors (Lipinski definition) is 0. The van der Waals surface area contributed by atoms with E-state index in [2.05, 4.69) is 42.2 Å². The van der Waals surface area contributed by atoms with Gasteiger partial charge in [-0.2, -0.15) is 0 Å². The van der Waals surface area contributed by atoms with Gasteiger partial charge in [0.2, 0.25) is 0 Å². The van der Waals surface area contributed by atoms with Gasteiger partial charge in [0.25, 0.3) is 0 Å². The summed E-state index contributed by atoms with van der Waals surface area (Å²) in [6, 6.07) is 17.4. The van der Waals surface area contributed by atoms with Crippen molar-refractivity contribution in [1.82, 2.24) is 9.88 Å². The van der Waals surface area contributed by atoms with Gasteiger partial charge in [-0.15, -0.1) is 0 Å². The molecule has 2 nitrogen and oxygen atoms in total. The summed E-state index contributed by atoms with van der Waals surface area (Å²) in [5, 5.41) is 4.01. The summed E-state index contributed by atoms with van der Waals surface area (Å²) in [5.74, 6) is -0.323. The summed E-state index contributed by atoms with van der Waals surface area (Å²) in [4.78, 5) is 7.32. The van der Waals surface area contributed by atoms with Crippen LogP contribution in [-0.4, -0.2) is 23.0 Å². The maximum absolute atomic E-state index is 14.8. The molecule has 140 valence electrons. The third-order valence-electron chi connectivity index (χ3n) is 5.80. The highest BCUT2D eigenvalue weighted by Crippen LogP contribution is 2.40. The molecule has 4 heteroatoms. The molecule has 0 unspecified atom stereocenters. The lowest BCUT2D eigenvalue weighted by molar-refractivity contribution is 0.269. The Balaban J connectivity index is 1.91. The van der Waals surface area contributed by atoms with E-state index in [4.69, 9.17) is 16.6 Å². The Morgan fingerprint density at radius 3 is 2.71 bits per heavy atom. The van der Waals surface area contributed by atoms with Crippen LogP contribution in [0.4, 0.5) is 4.39 Å². The van der Waals surface area contributed by atoms with Crippen molar-refractivity contribution in [2.24, 2.45) is 0 Å². The van der Waals surface area contributed by atoms with E-state index in [1.807, 2.05) is 6.07 Å². The van der Waals surface area contributed by atoms with E-state index in [1.54, 1.807) is 12.1 Å². The first-order chi connectivity index (χ1) is 13.7. The monoisotopic (exact) mass is 390 g/mol. The minimum atomic E-state index is -0.323. The highest BCUT2D eigenvalue weighted by molar-refractivity contribution is 6.33. The van der Waals surface area contributed by atoms with Crippen molar-refractivity contribution in [3.05, 3.63) is 76.6 Å². The number of fused-ring (bicyclic) bond motifs is 5. The Morgan fingerprint density at radius 2 is 1.89 bits per heavy atom. The second-order valence-corrected chi connectivity index (χ2v) is 7.72. The fourth-order valence-electron chi connectivity index (χ4n) is 4.37. The maximum Gasteiger partial charge on any atom is 0.134 e. The van der Waals surface area contributed by atoms with Crippen LogP contribution in [0.5, 0.6) is 0 Å². The zero-order chi connectivity index (χ0) is 19.3. The van der Waals surface area contributed by atoms with Gasteiger partial charge >= 0.3 is 0 Å².